The summed E-state index contributed by atoms with van der Waals surface area (Å²) < 4.78 is 0. The minimum absolute atomic E-state index is 0.520. The second kappa shape index (κ2) is 4.97. The molecule has 22 heavy (non-hydrogen) atoms. The van der Waals surface area contributed by atoms with E-state index < -0.39 is 7.12 Å². The molecule has 0 saturated heterocycles. The van der Waals surface area contributed by atoms with Gasteiger partial charge >= 0.3 is 7.12 Å². The van der Waals surface area contributed by atoms with Gasteiger partial charge in [0.2, 0.25) is 0 Å². The summed E-state index contributed by atoms with van der Waals surface area (Å²) in [5.74, 6) is 0.520. The van der Waals surface area contributed by atoms with Gasteiger partial charge in [0.05, 0.1) is 0 Å². The molecule has 4 rings (SSSR count). The number of hydrogen-bond donors (Lipinski definition) is 2. The molecule has 1 aliphatic carbocycles. The van der Waals surface area contributed by atoms with E-state index in [1.54, 1.807) is 0 Å². The van der Waals surface area contributed by atoms with E-state index in [0.29, 0.717) is 11.4 Å². The maximum atomic E-state index is 9.70. The summed E-state index contributed by atoms with van der Waals surface area (Å²) in [4.78, 5) is 0. The van der Waals surface area contributed by atoms with E-state index in [-0.39, 0.29) is 0 Å². The van der Waals surface area contributed by atoms with Gasteiger partial charge in [-0.05, 0) is 50.5 Å². The van der Waals surface area contributed by atoms with Crippen LogP contribution in [-0.4, -0.2) is 17.2 Å². The number of hydrogen-bond acceptors (Lipinski definition) is 2. The van der Waals surface area contributed by atoms with Crippen LogP contribution in [-0.2, 0) is 0 Å². The second-order valence-corrected chi connectivity index (χ2v) is 6.09. The number of fused-ring (bicyclic) bond motifs is 5. The van der Waals surface area contributed by atoms with Gasteiger partial charge in [0, 0.05) is 0 Å². The number of rotatable bonds is 1. The van der Waals surface area contributed by atoms with Gasteiger partial charge in [0.25, 0.3) is 0 Å². The molecular formula is C19H17BO2. The predicted octanol–water partition coefficient (Wildman–Crippen LogP) is 3.19. The van der Waals surface area contributed by atoms with E-state index in [1.165, 1.54) is 16.5 Å². The molecule has 0 spiro atoms. The van der Waals surface area contributed by atoms with Crippen LogP contribution in [0.3, 0.4) is 0 Å². The van der Waals surface area contributed by atoms with Gasteiger partial charge in [-0.3, -0.25) is 0 Å². The molecule has 0 radical (unpaired) electrons. The van der Waals surface area contributed by atoms with Crippen molar-refractivity contribution in [3.63, 3.8) is 0 Å². The minimum Gasteiger partial charge on any atom is -0.423 e. The number of allylic oxidation sites excluding steroid dienone is 1. The summed E-state index contributed by atoms with van der Waals surface area (Å²) in [5.41, 5.74) is 3.21. The Bertz CT molecular complexity index is 912. The normalized spacial score (nSPS) is 17.0. The monoisotopic (exact) mass is 288 g/mol. The summed E-state index contributed by atoms with van der Waals surface area (Å²) in [6.45, 7) is 2.25. The van der Waals surface area contributed by atoms with Crippen LogP contribution >= 0.6 is 0 Å². The summed E-state index contributed by atoms with van der Waals surface area (Å²) in [5, 5.41) is 23.7. The Hall–Kier alpha value is -2.10. The summed E-state index contributed by atoms with van der Waals surface area (Å²) in [6, 6.07) is 14.1. The molecular weight excluding hydrogens is 271 g/mol. The van der Waals surface area contributed by atoms with E-state index >= 15 is 0 Å². The molecule has 1 aliphatic rings. The molecule has 0 amide bonds. The Morgan fingerprint density at radius 1 is 1.05 bits per heavy atom. The molecule has 0 aromatic heterocycles. The zero-order valence-corrected chi connectivity index (χ0v) is 12.5. The van der Waals surface area contributed by atoms with Crippen LogP contribution < -0.4 is 5.46 Å². The Kier molecular flexibility index (Phi) is 3.07. The van der Waals surface area contributed by atoms with Crippen LogP contribution in [0, 0.1) is 0 Å². The topological polar surface area (TPSA) is 40.5 Å². The first-order chi connectivity index (χ1) is 10.7. The standard InChI is InChI=1S/C19H17BO2/c1-12-5-4-8-16-14(12)10-9-13-11-18(20(21)22)15-6-2-3-7-17(15)19(13)16/h2-4,6-12,21-22H,5H2,1H3. The Morgan fingerprint density at radius 3 is 2.59 bits per heavy atom. The quantitative estimate of drug-likeness (QED) is 0.533. The van der Waals surface area contributed by atoms with Crippen molar-refractivity contribution >= 4 is 40.2 Å². The highest BCUT2D eigenvalue weighted by Crippen LogP contribution is 2.37. The molecule has 0 fully saturated rings. The van der Waals surface area contributed by atoms with Crippen LogP contribution in [0.1, 0.15) is 30.4 Å². The fraction of sp³-hybridized carbons (Fsp3) is 0.158. The van der Waals surface area contributed by atoms with Crippen molar-refractivity contribution in [2.24, 2.45) is 0 Å². The fourth-order valence-corrected chi connectivity index (χ4v) is 3.61. The third kappa shape index (κ3) is 1.90. The first-order valence-corrected chi connectivity index (χ1v) is 7.67. The fourth-order valence-electron chi connectivity index (χ4n) is 3.61. The Morgan fingerprint density at radius 2 is 1.82 bits per heavy atom. The van der Waals surface area contributed by atoms with Gasteiger partial charge in [0.1, 0.15) is 0 Å². The third-order valence-corrected chi connectivity index (χ3v) is 4.71. The summed E-state index contributed by atoms with van der Waals surface area (Å²) in [6.07, 6.45) is 5.51. The molecule has 3 aromatic rings. The zero-order valence-electron chi connectivity index (χ0n) is 12.5. The van der Waals surface area contributed by atoms with Crippen LogP contribution in [0.15, 0.2) is 48.5 Å². The zero-order chi connectivity index (χ0) is 15.3. The predicted molar refractivity (Wildman–Crippen MR) is 93.3 cm³/mol. The molecule has 0 aliphatic heterocycles. The first kappa shape index (κ1) is 13.6. The van der Waals surface area contributed by atoms with Crippen molar-refractivity contribution < 1.29 is 10.0 Å². The van der Waals surface area contributed by atoms with Crippen molar-refractivity contribution in [2.45, 2.75) is 19.3 Å². The highest BCUT2D eigenvalue weighted by molar-refractivity contribution is 6.62. The summed E-state index contributed by atoms with van der Waals surface area (Å²) in [7, 11) is -1.46. The van der Waals surface area contributed by atoms with Crippen molar-refractivity contribution in [3.05, 3.63) is 59.7 Å². The molecule has 1 atom stereocenters. The average molecular weight is 288 g/mol. The van der Waals surface area contributed by atoms with Gasteiger partial charge < -0.3 is 10.0 Å². The van der Waals surface area contributed by atoms with Crippen molar-refractivity contribution in [1.29, 1.82) is 0 Å². The van der Waals surface area contributed by atoms with Crippen LogP contribution in [0.5, 0.6) is 0 Å². The van der Waals surface area contributed by atoms with Gasteiger partial charge in [-0.15, -0.1) is 0 Å². The summed E-state index contributed by atoms with van der Waals surface area (Å²) >= 11 is 0. The molecule has 108 valence electrons. The molecule has 1 unspecified atom stereocenters. The molecule has 3 aromatic carbocycles. The van der Waals surface area contributed by atoms with Crippen molar-refractivity contribution in [2.75, 3.05) is 0 Å². The van der Waals surface area contributed by atoms with Crippen LogP contribution in [0.4, 0.5) is 0 Å². The van der Waals surface area contributed by atoms with E-state index in [1.807, 2.05) is 24.3 Å². The molecule has 0 bridgehead atoms. The van der Waals surface area contributed by atoms with Gasteiger partial charge in [-0.1, -0.05) is 61.5 Å². The second-order valence-electron chi connectivity index (χ2n) is 6.09. The van der Waals surface area contributed by atoms with Crippen LogP contribution in [0.2, 0.25) is 0 Å². The SMILES string of the molecule is CC1CC=Cc2c1ccc1cc(B(O)O)c3ccccc3c21. The van der Waals surface area contributed by atoms with E-state index in [0.717, 1.165) is 22.6 Å². The molecule has 2 nitrogen and oxygen atoms in total. The smallest absolute Gasteiger partial charge is 0.423 e. The lowest BCUT2D eigenvalue weighted by Gasteiger charge is -2.21. The highest BCUT2D eigenvalue weighted by atomic mass is 16.4. The van der Waals surface area contributed by atoms with E-state index in [4.69, 9.17) is 0 Å². The first-order valence-electron chi connectivity index (χ1n) is 7.67. The molecule has 3 heteroatoms. The van der Waals surface area contributed by atoms with E-state index in [9.17, 15) is 10.0 Å². The minimum atomic E-state index is -1.46. The molecule has 2 N–H and O–H groups in total. The van der Waals surface area contributed by atoms with E-state index in [2.05, 4.69) is 37.3 Å². The highest BCUT2D eigenvalue weighted by Gasteiger charge is 2.20. The lowest BCUT2D eigenvalue weighted by molar-refractivity contribution is 0.426. The largest absolute Gasteiger partial charge is 0.489 e. The van der Waals surface area contributed by atoms with Gasteiger partial charge in [0.15, 0.2) is 0 Å². The van der Waals surface area contributed by atoms with Gasteiger partial charge in [-0.2, -0.15) is 0 Å². The van der Waals surface area contributed by atoms with Gasteiger partial charge in [-0.25, -0.2) is 0 Å². The maximum absolute atomic E-state index is 9.70. The van der Waals surface area contributed by atoms with Crippen LogP contribution in [0.25, 0.3) is 27.6 Å². The Balaban J connectivity index is 2.21. The van der Waals surface area contributed by atoms with Crippen molar-refractivity contribution in [1.82, 2.24) is 0 Å². The molecule has 0 saturated carbocycles. The third-order valence-electron chi connectivity index (χ3n) is 4.71. The van der Waals surface area contributed by atoms with Crippen molar-refractivity contribution in [3.8, 4) is 0 Å². The number of benzene rings is 3. The maximum Gasteiger partial charge on any atom is 0.489 e. The average Bonchev–Trinajstić information content (AvgIpc) is 2.53. The molecule has 0 heterocycles. The Labute approximate surface area is 129 Å². The lowest BCUT2D eigenvalue weighted by Crippen LogP contribution is -2.30. The lowest BCUT2D eigenvalue weighted by atomic mass is 9.74.